The van der Waals surface area contributed by atoms with Crippen molar-refractivity contribution in [2.75, 3.05) is 0 Å². The molecule has 0 heterocycles. The predicted molar refractivity (Wildman–Crippen MR) is 67.1 cm³/mol. The van der Waals surface area contributed by atoms with Gasteiger partial charge in [-0.2, -0.15) is 0 Å². The normalized spacial score (nSPS) is 13.9. The highest BCUT2D eigenvalue weighted by atomic mass is 32.2. The third-order valence-electron chi connectivity index (χ3n) is 2.39. The van der Waals surface area contributed by atoms with Crippen LogP contribution in [0, 0.1) is 10.1 Å². The van der Waals surface area contributed by atoms with Gasteiger partial charge >= 0.3 is 5.97 Å². The average Bonchev–Trinajstić information content (AvgIpc) is 2.28. The molecule has 0 fully saturated rings. The molecule has 18 heavy (non-hydrogen) atoms. The smallest absolute Gasteiger partial charge is 0.335 e. The number of nitro benzene ring substituents is 1. The lowest BCUT2D eigenvalue weighted by atomic mass is 10.2. The Kier molecular flexibility index (Phi) is 4.69. The molecule has 1 aromatic rings. The lowest BCUT2D eigenvalue weighted by Crippen LogP contribution is -2.15. The zero-order valence-electron chi connectivity index (χ0n) is 9.86. The molecule has 2 atom stereocenters. The largest absolute Gasteiger partial charge is 0.478 e. The quantitative estimate of drug-likeness (QED) is 0.483. The van der Waals surface area contributed by atoms with E-state index in [9.17, 15) is 20.0 Å². The van der Waals surface area contributed by atoms with Crippen LogP contribution < -0.4 is 0 Å². The third kappa shape index (κ3) is 3.44. The van der Waals surface area contributed by atoms with Crippen LogP contribution in [0.5, 0.6) is 0 Å². The Morgan fingerprint density at radius 1 is 1.44 bits per heavy atom. The summed E-state index contributed by atoms with van der Waals surface area (Å²) in [6.07, 6.45) is -0.617. The van der Waals surface area contributed by atoms with Crippen molar-refractivity contribution in [2.24, 2.45) is 0 Å². The Hall–Kier alpha value is -1.60. The molecule has 2 unspecified atom stereocenters. The fourth-order valence-electron chi connectivity index (χ4n) is 1.19. The molecule has 0 bridgehead atoms. The first kappa shape index (κ1) is 14.5. The number of hydrogen-bond acceptors (Lipinski definition) is 5. The van der Waals surface area contributed by atoms with E-state index in [0.29, 0.717) is 4.90 Å². The van der Waals surface area contributed by atoms with Gasteiger partial charge in [-0.1, -0.05) is 6.92 Å². The van der Waals surface area contributed by atoms with Gasteiger partial charge in [0.1, 0.15) is 0 Å². The maximum absolute atomic E-state index is 10.9. The van der Waals surface area contributed by atoms with Crippen LogP contribution in [0.15, 0.2) is 23.1 Å². The van der Waals surface area contributed by atoms with Crippen LogP contribution in [0.3, 0.4) is 0 Å². The minimum absolute atomic E-state index is 0.129. The van der Waals surface area contributed by atoms with E-state index in [1.807, 2.05) is 0 Å². The summed E-state index contributed by atoms with van der Waals surface area (Å²) < 4.78 is 0. The van der Waals surface area contributed by atoms with E-state index in [2.05, 4.69) is 0 Å². The number of carboxylic acids is 1. The van der Waals surface area contributed by atoms with E-state index in [0.717, 1.165) is 17.8 Å². The summed E-state index contributed by atoms with van der Waals surface area (Å²) in [7, 11) is 0. The Morgan fingerprint density at radius 2 is 2.06 bits per heavy atom. The van der Waals surface area contributed by atoms with E-state index in [1.54, 1.807) is 13.8 Å². The Morgan fingerprint density at radius 3 is 2.50 bits per heavy atom. The molecular weight excluding hydrogens is 258 g/mol. The molecule has 1 aromatic carbocycles. The summed E-state index contributed by atoms with van der Waals surface area (Å²) in [4.78, 5) is 21.4. The Labute approximate surface area is 108 Å². The Bertz CT molecular complexity index is 475. The monoisotopic (exact) mass is 271 g/mol. The summed E-state index contributed by atoms with van der Waals surface area (Å²) in [5, 5.41) is 28.8. The number of aliphatic hydroxyl groups is 1. The second-order valence-corrected chi connectivity index (χ2v) is 5.23. The van der Waals surface area contributed by atoms with Crippen molar-refractivity contribution in [3.05, 3.63) is 33.9 Å². The van der Waals surface area contributed by atoms with Gasteiger partial charge in [0, 0.05) is 11.3 Å². The van der Waals surface area contributed by atoms with Crippen LogP contribution in [0.2, 0.25) is 0 Å². The van der Waals surface area contributed by atoms with Gasteiger partial charge in [0.05, 0.1) is 21.5 Å². The number of nitro groups is 1. The Balaban J connectivity index is 3.12. The number of carboxylic acid groups (broad SMARTS) is 1. The van der Waals surface area contributed by atoms with Gasteiger partial charge in [0.15, 0.2) is 0 Å². The lowest BCUT2D eigenvalue weighted by molar-refractivity contribution is -0.387. The molecule has 0 saturated carbocycles. The average molecular weight is 271 g/mol. The number of benzene rings is 1. The van der Waals surface area contributed by atoms with Crippen LogP contribution in [0.1, 0.15) is 24.2 Å². The molecule has 0 aliphatic carbocycles. The molecule has 0 aromatic heterocycles. The van der Waals surface area contributed by atoms with E-state index in [4.69, 9.17) is 5.11 Å². The fourth-order valence-corrected chi connectivity index (χ4v) is 2.19. The van der Waals surface area contributed by atoms with Crippen molar-refractivity contribution >= 4 is 23.4 Å². The van der Waals surface area contributed by atoms with Crippen molar-refractivity contribution in [1.29, 1.82) is 0 Å². The first-order valence-corrected chi connectivity index (χ1v) is 6.07. The first-order valence-electron chi connectivity index (χ1n) is 5.19. The van der Waals surface area contributed by atoms with E-state index < -0.39 is 17.0 Å². The molecule has 1 rings (SSSR count). The molecule has 98 valence electrons. The minimum atomic E-state index is -1.21. The van der Waals surface area contributed by atoms with Crippen LogP contribution in [-0.2, 0) is 0 Å². The minimum Gasteiger partial charge on any atom is -0.478 e. The standard InChI is InChI=1S/C11H13NO5S/c1-6(13)7(2)18-10-4-3-8(11(14)15)5-9(10)12(16)17/h3-7,13H,1-2H3,(H,14,15). The topological polar surface area (TPSA) is 101 Å². The van der Waals surface area contributed by atoms with Gasteiger partial charge in [0.2, 0.25) is 0 Å². The van der Waals surface area contributed by atoms with Crippen molar-refractivity contribution in [3.8, 4) is 0 Å². The second-order valence-electron chi connectivity index (χ2n) is 3.81. The first-order chi connectivity index (χ1) is 8.32. The summed E-state index contributed by atoms with van der Waals surface area (Å²) in [6.45, 7) is 3.33. The van der Waals surface area contributed by atoms with Gasteiger partial charge in [-0.25, -0.2) is 4.79 Å². The number of hydrogen-bond donors (Lipinski definition) is 2. The summed E-state index contributed by atoms with van der Waals surface area (Å²) >= 11 is 1.14. The lowest BCUT2D eigenvalue weighted by Gasteiger charge is -2.14. The number of aliphatic hydroxyl groups excluding tert-OH is 1. The van der Waals surface area contributed by atoms with E-state index in [1.165, 1.54) is 12.1 Å². The van der Waals surface area contributed by atoms with Gasteiger partial charge in [0.25, 0.3) is 5.69 Å². The highest BCUT2D eigenvalue weighted by molar-refractivity contribution is 8.00. The highest BCUT2D eigenvalue weighted by Gasteiger charge is 2.21. The number of carbonyl (C=O) groups is 1. The molecule has 7 heteroatoms. The van der Waals surface area contributed by atoms with Crippen LogP contribution in [0.4, 0.5) is 5.69 Å². The molecule has 2 N–H and O–H groups in total. The predicted octanol–water partition coefficient (Wildman–Crippen LogP) is 2.15. The molecule has 0 spiro atoms. The highest BCUT2D eigenvalue weighted by Crippen LogP contribution is 2.33. The number of nitrogens with zero attached hydrogens (tertiary/aromatic N) is 1. The number of rotatable bonds is 5. The molecule has 0 saturated heterocycles. The molecular formula is C11H13NO5S. The second kappa shape index (κ2) is 5.83. The van der Waals surface area contributed by atoms with Gasteiger partial charge < -0.3 is 10.2 Å². The molecule has 6 nitrogen and oxygen atoms in total. The van der Waals surface area contributed by atoms with Crippen molar-refractivity contribution in [1.82, 2.24) is 0 Å². The summed E-state index contributed by atoms with van der Waals surface area (Å²) in [5.74, 6) is -1.21. The zero-order chi connectivity index (χ0) is 13.9. The van der Waals surface area contributed by atoms with Crippen LogP contribution in [-0.4, -0.2) is 32.5 Å². The van der Waals surface area contributed by atoms with Gasteiger partial charge in [-0.05, 0) is 19.1 Å². The summed E-state index contributed by atoms with van der Waals surface area (Å²) in [6, 6.07) is 3.73. The van der Waals surface area contributed by atoms with E-state index >= 15 is 0 Å². The SMILES string of the molecule is CC(O)C(C)Sc1ccc(C(=O)O)cc1[N+](=O)[O-]. The molecule has 0 aliphatic heterocycles. The maximum Gasteiger partial charge on any atom is 0.335 e. The van der Waals surface area contributed by atoms with Crippen LogP contribution in [0.25, 0.3) is 0 Å². The van der Waals surface area contributed by atoms with Gasteiger partial charge in [-0.15, -0.1) is 11.8 Å². The van der Waals surface area contributed by atoms with Gasteiger partial charge in [-0.3, -0.25) is 10.1 Å². The van der Waals surface area contributed by atoms with Crippen LogP contribution >= 0.6 is 11.8 Å². The number of aromatic carboxylic acids is 1. The zero-order valence-corrected chi connectivity index (χ0v) is 10.7. The fraction of sp³-hybridized carbons (Fsp3) is 0.364. The van der Waals surface area contributed by atoms with Crippen molar-refractivity contribution in [2.45, 2.75) is 30.1 Å². The summed E-state index contributed by atoms with van der Waals surface area (Å²) in [5.41, 5.74) is -0.386. The van der Waals surface area contributed by atoms with Crippen molar-refractivity contribution < 1.29 is 19.9 Å². The van der Waals surface area contributed by atoms with E-state index in [-0.39, 0.29) is 16.5 Å². The number of thioether (sulfide) groups is 1. The molecule has 0 amide bonds. The van der Waals surface area contributed by atoms with Crippen molar-refractivity contribution in [3.63, 3.8) is 0 Å². The molecule has 0 radical (unpaired) electrons. The molecule has 0 aliphatic rings. The third-order valence-corrected chi connectivity index (χ3v) is 3.76. The maximum atomic E-state index is 10.9.